The van der Waals surface area contributed by atoms with E-state index in [2.05, 4.69) is 40.2 Å². The number of hydrogen-bond acceptors (Lipinski definition) is 5. The average Bonchev–Trinajstić information content (AvgIpc) is 3.43. The number of rotatable bonds is 5. The van der Waals surface area contributed by atoms with Gasteiger partial charge in [0.2, 0.25) is 17.6 Å². The number of aromatic amines is 1. The van der Waals surface area contributed by atoms with Gasteiger partial charge >= 0.3 is 0 Å². The molecular formula is C24H24N4O3. The Hall–Kier alpha value is -3.61. The van der Waals surface area contributed by atoms with Crippen LogP contribution >= 0.6 is 0 Å². The van der Waals surface area contributed by atoms with Gasteiger partial charge in [-0.3, -0.25) is 4.79 Å². The van der Waals surface area contributed by atoms with Crippen molar-refractivity contribution in [3.63, 3.8) is 0 Å². The Labute approximate surface area is 180 Å². The second kappa shape index (κ2) is 7.91. The van der Waals surface area contributed by atoms with Crippen molar-refractivity contribution in [1.29, 1.82) is 0 Å². The third kappa shape index (κ3) is 3.46. The summed E-state index contributed by atoms with van der Waals surface area (Å²) in [6, 6.07) is 15.8. The fraction of sp³-hybridized carbons (Fsp3) is 0.292. The summed E-state index contributed by atoms with van der Waals surface area (Å²) in [7, 11) is 1.61. The van der Waals surface area contributed by atoms with Crippen LogP contribution in [0.3, 0.4) is 0 Å². The van der Waals surface area contributed by atoms with Crippen LogP contribution in [0.4, 0.5) is 0 Å². The minimum atomic E-state index is 0.00970. The van der Waals surface area contributed by atoms with Crippen LogP contribution in [0.25, 0.3) is 22.3 Å². The molecule has 1 aliphatic rings. The van der Waals surface area contributed by atoms with Gasteiger partial charge in [0.1, 0.15) is 5.75 Å². The summed E-state index contributed by atoms with van der Waals surface area (Å²) < 4.78 is 10.7. The maximum absolute atomic E-state index is 13.0. The number of ether oxygens (including phenoxy) is 1. The van der Waals surface area contributed by atoms with E-state index in [1.807, 2.05) is 35.2 Å². The first-order valence-electron chi connectivity index (χ1n) is 10.5. The molecule has 158 valence electrons. The van der Waals surface area contributed by atoms with E-state index in [0.717, 1.165) is 23.2 Å². The van der Waals surface area contributed by atoms with Gasteiger partial charge in [-0.05, 0) is 37.1 Å². The summed E-state index contributed by atoms with van der Waals surface area (Å²) in [6.07, 6.45) is 1.59. The molecule has 1 aliphatic heterocycles. The monoisotopic (exact) mass is 416 g/mol. The molecule has 7 heteroatoms. The maximum Gasteiger partial charge on any atom is 0.227 e. The number of aryl methyl sites for hydroxylation is 1. The zero-order chi connectivity index (χ0) is 21.4. The molecule has 1 N–H and O–H groups in total. The third-order valence-electron chi connectivity index (χ3n) is 6.02. The Morgan fingerprint density at radius 2 is 2.03 bits per heavy atom. The van der Waals surface area contributed by atoms with Gasteiger partial charge in [-0.25, -0.2) is 0 Å². The summed E-state index contributed by atoms with van der Waals surface area (Å²) in [6.45, 7) is 2.79. The van der Waals surface area contributed by atoms with Crippen molar-refractivity contribution in [1.82, 2.24) is 20.0 Å². The van der Waals surface area contributed by atoms with Crippen molar-refractivity contribution in [3.05, 3.63) is 65.7 Å². The average molecular weight is 416 g/mol. The van der Waals surface area contributed by atoms with Gasteiger partial charge in [-0.15, -0.1) is 0 Å². The molecule has 0 bridgehead atoms. The standard InChI is InChI=1S/C24H24N4O3/c1-15-23-17(16-7-3-5-9-19(16)25-23)13-14-28(15)22(29)12-11-21-26-24(27-31-21)18-8-4-6-10-20(18)30-2/h3-10,15,25H,11-14H2,1-2H3/t15-/m1/s1. The highest BCUT2D eigenvalue weighted by molar-refractivity contribution is 5.86. The third-order valence-corrected chi connectivity index (χ3v) is 6.02. The lowest BCUT2D eigenvalue weighted by atomic mass is 9.98. The van der Waals surface area contributed by atoms with Crippen LogP contribution in [0, 0.1) is 0 Å². The number of amides is 1. The number of nitrogens with zero attached hydrogens (tertiary/aromatic N) is 3. The van der Waals surface area contributed by atoms with E-state index in [4.69, 9.17) is 9.26 Å². The van der Waals surface area contributed by atoms with Crippen molar-refractivity contribution >= 4 is 16.8 Å². The fourth-order valence-electron chi connectivity index (χ4n) is 4.42. The number of fused-ring (bicyclic) bond motifs is 3. The molecule has 0 spiro atoms. The molecule has 3 heterocycles. The van der Waals surface area contributed by atoms with Gasteiger partial charge in [0.25, 0.3) is 0 Å². The van der Waals surface area contributed by atoms with E-state index >= 15 is 0 Å². The van der Waals surface area contributed by atoms with Crippen molar-refractivity contribution in [2.75, 3.05) is 13.7 Å². The second-order valence-electron chi connectivity index (χ2n) is 7.79. The van der Waals surface area contributed by atoms with Gasteiger partial charge in [0.05, 0.1) is 18.7 Å². The van der Waals surface area contributed by atoms with E-state index in [0.29, 0.717) is 36.9 Å². The lowest BCUT2D eigenvalue weighted by molar-refractivity contribution is -0.133. The predicted molar refractivity (Wildman–Crippen MR) is 117 cm³/mol. The van der Waals surface area contributed by atoms with Crippen molar-refractivity contribution in [3.8, 4) is 17.1 Å². The van der Waals surface area contributed by atoms with Crippen molar-refractivity contribution in [2.45, 2.75) is 32.2 Å². The SMILES string of the molecule is COc1ccccc1-c1noc(CCC(=O)N2CCc3c([nH]c4ccccc34)[C@H]2C)n1. The fourth-order valence-corrected chi connectivity index (χ4v) is 4.42. The molecule has 0 unspecified atom stereocenters. The first kappa shape index (κ1) is 19.4. The number of para-hydroxylation sites is 2. The second-order valence-corrected chi connectivity index (χ2v) is 7.79. The number of nitrogens with one attached hydrogen (secondary N) is 1. The molecular weight excluding hydrogens is 392 g/mol. The molecule has 31 heavy (non-hydrogen) atoms. The highest BCUT2D eigenvalue weighted by atomic mass is 16.5. The summed E-state index contributed by atoms with van der Waals surface area (Å²) in [5.41, 5.74) is 4.35. The number of aromatic nitrogens is 3. The Morgan fingerprint density at radius 3 is 2.90 bits per heavy atom. The minimum Gasteiger partial charge on any atom is -0.496 e. The van der Waals surface area contributed by atoms with Crippen LogP contribution in [0.15, 0.2) is 53.1 Å². The molecule has 0 fully saturated rings. The Bertz CT molecular complexity index is 1240. The van der Waals surface area contributed by atoms with Crippen LogP contribution in [-0.2, 0) is 17.6 Å². The van der Waals surface area contributed by atoms with E-state index < -0.39 is 0 Å². The van der Waals surface area contributed by atoms with Crippen LogP contribution < -0.4 is 4.74 Å². The molecule has 0 radical (unpaired) electrons. The van der Waals surface area contributed by atoms with Crippen molar-refractivity contribution < 1.29 is 14.1 Å². The van der Waals surface area contributed by atoms with Crippen LogP contribution in [0.1, 0.15) is 36.5 Å². The smallest absolute Gasteiger partial charge is 0.227 e. The van der Waals surface area contributed by atoms with E-state index in [-0.39, 0.29) is 11.9 Å². The molecule has 4 aromatic rings. The van der Waals surface area contributed by atoms with E-state index in [9.17, 15) is 4.79 Å². The molecule has 0 saturated carbocycles. The molecule has 7 nitrogen and oxygen atoms in total. The Balaban J connectivity index is 1.28. The summed E-state index contributed by atoms with van der Waals surface area (Å²) in [5.74, 6) is 1.69. The summed E-state index contributed by atoms with van der Waals surface area (Å²) in [5, 5.41) is 5.31. The highest BCUT2D eigenvalue weighted by Crippen LogP contribution is 2.34. The largest absolute Gasteiger partial charge is 0.496 e. The number of methoxy groups -OCH3 is 1. The molecule has 2 aromatic heterocycles. The predicted octanol–water partition coefficient (Wildman–Crippen LogP) is 4.31. The Morgan fingerprint density at radius 1 is 1.23 bits per heavy atom. The van der Waals surface area contributed by atoms with Gasteiger partial charge in [-0.2, -0.15) is 4.98 Å². The van der Waals surface area contributed by atoms with Crippen LogP contribution in [0.2, 0.25) is 0 Å². The molecule has 1 amide bonds. The summed E-state index contributed by atoms with van der Waals surface area (Å²) in [4.78, 5) is 22.9. The Kier molecular flexibility index (Phi) is 4.94. The number of H-pyrrole nitrogens is 1. The number of benzene rings is 2. The van der Waals surface area contributed by atoms with Crippen LogP contribution in [0.5, 0.6) is 5.75 Å². The van der Waals surface area contributed by atoms with Crippen LogP contribution in [-0.4, -0.2) is 39.6 Å². The lowest BCUT2D eigenvalue weighted by Gasteiger charge is -2.33. The topological polar surface area (TPSA) is 84.3 Å². The van der Waals surface area contributed by atoms with Gasteiger partial charge < -0.3 is 19.1 Å². The zero-order valence-electron chi connectivity index (χ0n) is 17.6. The van der Waals surface area contributed by atoms with Crippen molar-refractivity contribution in [2.24, 2.45) is 0 Å². The molecule has 0 aliphatic carbocycles. The summed E-state index contributed by atoms with van der Waals surface area (Å²) >= 11 is 0. The number of hydrogen-bond donors (Lipinski definition) is 1. The normalized spacial score (nSPS) is 15.8. The minimum absolute atomic E-state index is 0.00970. The zero-order valence-corrected chi connectivity index (χ0v) is 17.6. The number of carbonyl (C=O) groups excluding carboxylic acids is 1. The molecule has 1 atom stereocenters. The van der Waals surface area contributed by atoms with E-state index in [1.165, 1.54) is 10.9 Å². The molecule has 0 saturated heterocycles. The van der Waals surface area contributed by atoms with Gasteiger partial charge in [0.15, 0.2) is 0 Å². The van der Waals surface area contributed by atoms with E-state index in [1.54, 1.807) is 7.11 Å². The first-order valence-corrected chi connectivity index (χ1v) is 10.5. The highest BCUT2D eigenvalue weighted by Gasteiger charge is 2.30. The molecule has 2 aromatic carbocycles. The lowest BCUT2D eigenvalue weighted by Crippen LogP contribution is -2.38. The first-order chi connectivity index (χ1) is 15.2. The quantitative estimate of drug-likeness (QED) is 0.524. The van der Waals surface area contributed by atoms with Gasteiger partial charge in [0, 0.05) is 36.0 Å². The molecule has 5 rings (SSSR count). The number of carbonyl (C=O) groups is 1. The van der Waals surface area contributed by atoms with Gasteiger partial charge in [-0.1, -0.05) is 35.5 Å². The maximum atomic E-state index is 13.0.